The zero-order valence-electron chi connectivity index (χ0n) is 11.4. The predicted molar refractivity (Wildman–Crippen MR) is 75.2 cm³/mol. The van der Waals surface area contributed by atoms with Crippen molar-refractivity contribution in [3.63, 3.8) is 0 Å². The van der Waals surface area contributed by atoms with Gasteiger partial charge in [-0.25, -0.2) is 18.2 Å². The summed E-state index contributed by atoms with van der Waals surface area (Å²) >= 11 is 0. The van der Waals surface area contributed by atoms with Gasteiger partial charge in [-0.05, 0) is 24.3 Å². The first-order valence-electron chi connectivity index (χ1n) is 5.93. The van der Waals surface area contributed by atoms with Crippen LogP contribution in [0.2, 0.25) is 0 Å². The predicted octanol–water partition coefficient (Wildman–Crippen LogP) is 2.06. The smallest absolute Gasteiger partial charge is 0.337 e. The summed E-state index contributed by atoms with van der Waals surface area (Å²) < 4.78 is 33.7. The van der Waals surface area contributed by atoms with E-state index >= 15 is 0 Å². The molecule has 7 heteroatoms. The number of sulfone groups is 1. The van der Waals surface area contributed by atoms with Crippen LogP contribution in [0.1, 0.15) is 10.4 Å². The molecule has 0 N–H and O–H groups in total. The summed E-state index contributed by atoms with van der Waals surface area (Å²) in [6.45, 7) is 0. The third-order valence-corrected chi connectivity index (χ3v) is 3.73. The van der Waals surface area contributed by atoms with Crippen LogP contribution in [0, 0.1) is 0 Å². The van der Waals surface area contributed by atoms with Crippen molar-refractivity contribution in [2.24, 2.45) is 0 Å². The van der Waals surface area contributed by atoms with Gasteiger partial charge in [0.1, 0.15) is 10.6 Å². The highest BCUT2D eigenvalue weighted by Crippen LogP contribution is 2.29. The van der Waals surface area contributed by atoms with Crippen LogP contribution in [0.25, 0.3) is 0 Å². The lowest BCUT2D eigenvalue weighted by Gasteiger charge is -2.10. The first-order chi connectivity index (χ1) is 9.91. The highest BCUT2D eigenvalue weighted by molar-refractivity contribution is 7.90. The van der Waals surface area contributed by atoms with E-state index < -0.39 is 15.8 Å². The second-order valence-corrected chi connectivity index (χ2v) is 6.18. The molecule has 2 rings (SSSR count). The number of rotatable bonds is 4. The molecule has 0 aliphatic rings. The van der Waals surface area contributed by atoms with Gasteiger partial charge in [-0.3, -0.25) is 0 Å². The van der Waals surface area contributed by atoms with Crippen molar-refractivity contribution < 1.29 is 22.7 Å². The van der Waals surface area contributed by atoms with Gasteiger partial charge in [0.15, 0.2) is 9.84 Å². The molecule has 0 bridgehead atoms. The maximum absolute atomic E-state index is 11.9. The number of methoxy groups -OCH3 is 1. The van der Waals surface area contributed by atoms with Crippen LogP contribution in [-0.4, -0.2) is 32.7 Å². The van der Waals surface area contributed by atoms with E-state index in [1.165, 1.54) is 31.5 Å². The fraction of sp³-hybridized carbons (Fsp3) is 0.143. The van der Waals surface area contributed by atoms with Crippen LogP contribution in [0.15, 0.2) is 47.5 Å². The largest absolute Gasteiger partial charge is 0.465 e. The van der Waals surface area contributed by atoms with Gasteiger partial charge in [0, 0.05) is 18.5 Å². The summed E-state index contributed by atoms with van der Waals surface area (Å²) in [6.07, 6.45) is 2.56. The summed E-state index contributed by atoms with van der Waals surface area (Å²) in [5.41, 5.74) is 0.131. The van der Waals surface area contributed by atoms with Crippen molar-refractivity contribution >= 4 is 15.8 Å². The standard InChI is InChI=1S/C14H13NO5S/c1-19-14(16)10-6-7-11(12(9-10)21(2,17)18)20-13-5-3-4-8-15-13/h3-9H,1-2H3. The van der Waals surface area contributed by atoms with Gasteiger partial charge < -0.3 is 9.47 Å². The fourth-order valence-corrected chi connectivity index (χ4v) is 2.46. The Kier molecular flexibility index (Phi) is 4.23. The van der Waals surface area contributed by atoms with Gasteiger partial charge in [0.2, 0.25) is 5.88 Å². The number of ether oxygens (including phenoxy) is 2. The number of carbonyl (C=O) groups excluding carboxylic acids is 1. The molecule has 0 fully saturated rings. The van der Waals surface area contributed by atoms with Crippen LogP contribution < -0.4 is 4.74 Å². The second-order valence-electron chi connectivity index (χ2n) is 4.20. The van der Waals surface area contributed by atoms with Gasteiger partial charge in [-0.2, -0.15) is 0 Å². The number of benzene rings is 1. The van der Waals surface area contributed by atoms with E-state index in [1.807, 2.05) is 0 Å². The molecule has 0 aliphatic heterocycles. The number of aromatic nitrogens is 1. The molecule has 0 saturated heterocycles. The van der Waals surface area contributed by atoms with Crippen molar-refractivity contribution in [1.29, 1.82) is 0 Å². The molecule has 110 valence electrons. The average Bonchev–Trinajstić information content (AvgIpc) is 2.47. The average molecular weight is 307 g/mol. The topological polar surface area (TPSA) is 82.6 Å². The Morgan fingerprint density at radius 3 is 2.52 bits per heavy atom. The van der Waals surface area contributed by atoms with Crippen LogP contribution in [0.3, 0.4) is 0 Å². The Balaban J connectivity index is 2.48. The minimum absolute atomic E-state index is 0.101. The summed E-state index contributed by atoms with van der Waals surface area (Å²) in [6, 6.07) is 9.08. The summed E-state index contributed by atoms with van der Waals surface area (Å²) in [7, 11) is -2.36. The summed E-state index contributed by atoms with van der Waals surface area (Å²) in [4.78, 5) is 15.4. The van der Waals surface area contributed by atoms with E-state index in [4.69, 9.17) is 4.74 Å². The van der Waals surface area contributed by atoms with Gasteiger partial charge >= 0.3 is 5.97 Å². The van der Waals surface area contributed by atoms with Crippen LogP contribution in [0.5, 0.6) is 11.6 Å². The molecule has 0 radical (unpaired) electrons. The molecule has 21 heavy (non-hydrogen) atoms. The van der Waals surface area contributed by atoms with E-state index in [2.05, 4.69) is 9.72 Å². The SMILES string of the molecule is COC(=O)c1ccc(Oc2ccccn2)c(S(C)(=O)=O)c1. The Bertz CT molecular complexity index is 756. The van der Waals surface area contributed by atoms with Gasteiger partial charge in [-0.1, -0.05) is 6.07 Å². The van der Waals surface area contributed by atoms with E-state index in [-0.39, 0.29) is 22.1 Å². The number of carbonyl (C=O) groups is 1. The van der Waals surface area contributed by atoms with Crippen molar-refractivity contribution in [1.82, 2.24) is 4.98 Å². The normalized spacial score (nSPS) is 11.0. The quantitative estimate of drug-likeness (QED) is 0.804. The molecule has 0 atom stereocenters. The Morgan fingerprint density at radius 2 is 1.95 bits per heavy atom. The first kappa shape index (κ1) is 15.0. The maximum Gasteiger partial charge on any atom is 0.337 e. The lowest BCUT2D eigenvalue weighted by Crippen LogP contribution is -2.06. The van der Waals surface area contributed by atoms with Crippen LogP contribution in [-0.2, 0) is 14.6 Å². The third kappa shape index (κ3) is 3.57. The fourth-order valence-electron chi connectivity index (χ4n) is 1.65. The molecule has 6 nitrogen and oxygen atoms in total. The maximum atomic E-state index is 11.9. The van der Waals surface area contributed by atoms with E-state index in [1.54, 1.807) is 18.2 Å². The third-order valence-electron chi connectivity index (χ3n) is 2.62. The minimum Gasteiger partial charge on any atom is -0.465 e. The molecule has 0 aliphatic carbocycles. The molecule has 0 saturated carbocycles. The van der Waals surface area contributed by atoms with E-state index in [9.17, 15) is 13.2 Å². The molecular weight excluding hydrogens is 294 g/mol. The summed E-state index contributed by atoms with van der Waals surface area (Å²) in [5.74, 6) is -0.263. The van der Waals surface area contributed by atoms with Gasteiger partial charge in [0.25, 0.3) is 0 Å². The summed E-state index contributed by atoms with van der Waals surface area (Å²) in [5, 5.41) is 0. The minimum atomic E-state index is -3.58. The number of pyridine rings is 1. The second kappa shape index (κ2) is 5.92. The van der Waals surface area contributed by atoms with E-state index in [0.29, 0.717) is 0 Å². The molecule has 0 amide bonds. The molecular formula is C14H13NO5S. The number of esters is 1. The monoisotopic (exact) mass is 307 g/mol. The van der Waals surface area contributed by atoms with Crippen LogP contribution in [0.4, 0.5) is 0 Å². The zero-order chi connectivity index (χ0) is 15.5. The molecule has 2 aromatic rings. The van der Waals surface area contributed by atoms with Crippen molar-refractivity contribution in [3.05, 3.63) is 48.2 Å². The molecule has 0 unspecified atom stereocenters. The van der Waals surface area contributed by atoms with Gasteiger partial charge in [-0.15, -0.1) is 0 Å². The molecule has 1 heterocycles. The molecule has 1 aromatic carbocycles. The Morgan fingerprint density at radius 1 is 1.19 bits per heavy atom. The Labute approximate surface area is 122 Å². The van der Waals surface area contributed by atoms with Crippen molar-refractivity contribution in [2.45, 2.75) is 4.90 Å². The molecule has 1 aromatic heterocycles. The number of hydrogen-bond acceptors (Lipinski definition) is 6. The Hall–Kier alpha value is -2.41. The zero-order valence-corrected chi connectivity index (χ0v) is 12.3. The first-order valence-corrected chi connectivity index (χ1v) is 7.82. The van der Waals surface area contributed by atoms with Gasteiger partial charge in [0.05, 0.1) is 12.7 Å². The number of hydrogen-bond donors (Lipinski definition) is 0. The van der Waals surface area contributed by atoms with Crippen molar-refractivity contribution in [3.8, 4) is 11.6 Å². The lowest BCUT2D eigenvalue weighted by atomic mass is 10.2. The highest BCUT2D eigenvalue weighted by Gasteiger charge is 2.19. The van der Waals surface area contributed by atoms with Crippen LogP contribution >= 0.6 is 0 Å². The lowest BCUT2D eigenvalue weighted by molar-refractivity contribution is 0.0600. The number of nitrogens with zero attached hydrogens (tertiary/aromatic N) is 1. The van der Waals surface area contributed by atoms with E-state index in [0.717, 1.165) is 6.26 Å². The highest BCUT2D eigenvalue weighted by atomic mass is 32.2. The van der Waals surface area contributed by atoms with Crippen molar-refractivity contribution in [2.75, 3.05) is 13.4 Å². The molecule has 0 spiro atoms.